The van der Waals surface area contributed by atoms with Crippen LogP contribution in [0, 0.1) is 0 Å². The number of nitrogens with zero attached hydrogens (tertiary/aromatic N) is 4. The lowest BCUT2D eigenvalue weighted by Crippen LogP contribution is -2.15. The number of carbonyl (C=O) groups excluding carboxylic acids is 1. The van der Waals surface area contributed by atoms with E-state index in [9.17, 15) is 4.79 Å². The van der Waals surface area contributed by atoms with Gasteiger partial charge in [-0.15, -0.1) is 10.2 Å². The highest BCUT2D eigenvalue weighted by Crippen LogP contribution is 2.30. The number of hydrogen-bond donors (Lipinski definition) is 1. The van der Waals surface area contributed by atoms with Crippen LogP contribution in [0.15, 0.2) is 73.6 Å². The molecule has 4 heterocycles. The van der Waals surface area contributed by atoms with E-state index in [2.05, 4.69) is 41.4 Å². The van der Waals surface area contributed by atoms with Gasteiger partial charge >= 0.3 is 0 Å². The van der Waals surface area contributed by atoms with Crippen LogP contribution in [-0.4, -0.2) is 31.8 Å². The van der Waals surface area contributed by atoms with Crippen LogP contribution in [0.5, 0.6) is 0 Å². The summed E-state index contributed by atoms with van der Waals surface area (Å²) in [7, 11) is 0. The molecule has 0 radical (unpaired) electrons. The predicted octanol–water partition coefficient (Wildman–Crippen LogP) is 4.28. The molecule has 1 amide bonds. The Morgan fingerprint density at radius 3 is 2.43 bits per heavy atom. The summed E-state index contributed by atoms with van der Waals surface area (Å²) in [6.07, 6.45) is 4.71. The SMILES string of the molecule is O=C(CSc1nnc(-c2ccco2)c(-c2ccco2)n1)Nc1ccc(Br)cn1. The first-order chi connectivity index (χ1) is 13.7. The minimum absolute atomic E-state index is 0.108. The minimum atomic E-state index is -0.224. The van der Waals surface area contributed by atoms with E-state index >= 15 is 0 Å². The fourth-order valence-corrected chi connectivity index (χ4v) is 3.12. The second kappa shape index (κ2) is 8.36. The van der Waals surface area contributed by atoms with Gasteiger partial charge in [0.05, 0.1) is 18.3 Å². The summed E-state index contributed by atoms with van der Waals surface area (Å²) in [6.45, 7) is 0. The van der Waals surface area contributed by atoms with Crippen molar-refractivity contribution in [1.82, 2.24) is 20.2 Å². The van der Waals surface area contributed by atoms with Gasteiger partial charge in [0.1, 0.15) is 11.5 Å². The van der Waals surface area contributed by atoms with E-state index in [-0.39, 0.29) is 11.7 Å². The number of carbonyl (C=O) groups is 1. The van der Waals surface area contributed by atoms with Crippen LogP contribution in [0.3, 0.4) is 0 Å². The van der Waals surface area contributed by atoms with Crippen molar-refractivity contribution in [3.63, 3.8) is 0 Å². The summed E-state index contributed by atoms with van der Waals surface area (Å²) in [6, 6.07) is 10.6. The Labute approximate surface area is 171 Å². The molecule has 0 aromatic carbocycles. The van der Waals surface area contributed by atoms with E-state index < -0.39 is 0 Å². The molecule has 0 spiro atoms. The van der Waals surface area contributed by atoms with Gasteiger partial charge in [0, 0.05) is 10.7 Å². The molecule has 0 aliphatic carbocycles. The Kier molecular flexibility index (Phi) is 5.49. The third kappa shape index (κ3) is 4.29. The van der Waals surface area contributed by atoms with Crippen LogP contribution in [0.2, 0.25) is 0 Å². The summed E-state index contributed by atoms with van der Waals surface area (Å²) >= 11 is 4.46. The molecule has 0 fully saturated rings. The van der Waals surface area contributed by atoms with E-state index in [4.69, 9.17) is 8.83 Å². The van der Waals surface area contributed by atoms with Gasteiger partial charge in [0.25, 0.3) is 0 Å². The second-order valence-electron chi connectivity index (χ2n) is 5.44. The molecule has 8 nitrogen and oxygen atoms in total. The molecule has 0 aliphatic rings. The van der Waals surface area contributed by atoms with Crippen LogP contribution >= 0.6 is 27.7 Å². The van der Waals surface area contributed by atoms with E-state index in [0.717, 1.165) is 16.2 Å². The van der Waals surface area contributed by atoms with Crippen molar-refractivity contribution in [3.8, 4) is 22.9 Å². The number of thioether (sulfide) groups is 1. The summed E-state index contributed by atoms with van der Waals surface area (Å²) in [5, 5.41) is 11.4. The molecule has 0 bridgehead atoms. The molecule has 4 aromatic rings. The lowest BCUT2D eigenvalue weighted by atomic mass is 10.2. The van der Waals surface area contributed by atoms with Gasteiger partial charge in [-0.05, 0) is 52.3 Å². The molecule has 4 aromatic heterocycles. The van der Waals surface area contributed by atoms with Crippen LogP contribution in [0.1, 0.15) is 0 Å². The van der Waals surface area contributed by atoms with Crippen LogP contribution in [-0.2, 0) is 4.79 Å². The Morgan fingerprint density at radius 2 is 1.79 bits per heavy atom. The predicted molar refractivity (Wildman–Crippen MR) is 107 cm³/mol. The zero-order chi connectivity index (χ0) is 19.3. The first-order valence-electron chi connectivity index (χ1n) is 8.06. The maximum Gasteiger partial charge on any atom is 0.236 e. The van der Waals surface area contributed by atoms with Gasteiger partial charge in [-0.25, -0.2) is 9.97 Å². The molecule has 140 valence electrons. The van der Waals surface area contributed by atoms with Crippen molar-refractivity contribution >= 4 is 39.4 Å². The third-order valence-electron chi connectivity index (χ3n) is 3.50. The fourth-order valence-electron chi connectivity index (χ4n) is 2.30. The normalized spacial score (nSPS) is 10.8. The van der Waals surface area contributed by atoms with Crippen LogP contribution in [0.4, 0.5) is 5.82 Å². The maximum atomic E-state index is 12.1. The van der Waals surface area contributed by atoms with Crippen molar-refractivity contribution in [1.29, 1.82) is 0 Å². The van der Waals surface area contributed by atoms with Gasteiger partial charge in [0.2, 0.25) is 11.1 Å². The average molecular weight is 458 g/mol. The Morgan fingerprint density at radius 1 is 1.04 bits per heavy atom. The number of hydrogen-bond acceptors (Lipinski definition) is 8. The molecule has 0 atom stereocenters. The lowest BCUT2D eigenvalue weighted by Gasteiger charge is -2.06. The van der Waals surface area contributed by atoms with Gasteiger partial charge in [-0.2, -0.15) is 0 Å². The second-order valence-corrected chi connectivity index (χ2v) is 7.30. The van der Waals surface area contributed by atoms with Gasteiger partial charge in [0.15, 0.2) is 17.2 Å². The van der Waals surface area contributed by atoms with Crippen molar-refractivity contribution < 1.29 is 13.6 Å². The number of halogens is 1. The van der Waals surface area contributed by atoms with Crippen molar-refractivity contribution in [2.24, 2.45) is 0 Å². The molecular weight excluding hydrogens is 446 g/mol. The molecule has 1 N–H and O–H groups in total. The van der Waals surface area contributed by atoms with Gasteiger partial charge < -0.3 is 14.2 Å². The van der Waals surface area contributed by atoms with Crippen molar-refractivity contribution in [3.05, 3.63) is 59.6 Å². The van der Waals surface area contributed by atoms with Crippen molar-refractivity contribution in [2.75, 3.05) is 11.1 Å². The number of pyridine rings is 1. The molecule has 0 saturated carbocycles. The molecule has 4 rings (SSSR count). The summed E-state index contributed by atoms with van der Waals surface area (Å²) in [5.74, 6) is 1.42. The quantitative estimate of drug-likeness (QED) is 0.427. The molecule has 0 aliphatic heterocycles. The molecule has 10 heteroatoms. The molecular formula is C18H12BrN5O3S. The summed E-state index contributed by atoms with van der Waals surface area (Å²) in [4.78, 5) is 20.7. The largest absolute Gasteiger partial charge is 0.463 e. The Balaban J connectivity index is 1.50. The minimum Gasteiger partial charge on any atom is -0.463 e. The number of aromatic nitrogens is 4. The molecule has 0 saturated heterocycles. The highest BCUT2D eigenvalue weighted by atomic mass is 79.9. The van der Waals surface area contributed by atoms with Gasteiger partial charge in [-0.1, -0.05) is 11.8 Å². The fraction of sp³-hybridized carbons (Fsp3) is 0.0556. The topological polar surface area (TPSA) is 107 Å². The van der Waals surface area contributed by atoms with E-state index in [0.29, 0.717) is 33.9 Å². The van der Waals surface area contributed by atoms with E-state index in [1.807, 2.05) is 0 Å². The number of nitrogens with one attached hydrogen (secondary N) is 1. The standard InChI is InChI=1S/C18H12BrN5O3S/c19-11-5-6-14(20-9-11)21-15(25)10-28-18-22-16(12-3-1-7-26-12)17(23-24-18)13-4-2-8-27-13/h1-9H,10H2,(H,20,21,25). The van der Waals surface area contributed by atoms with Crippen LogP contribution in [0.25, 0.3) is 22.9 Å². The Bertz CT molecular complexity index is 1070. The van der Waals surface area contributed by atoms with Crippen LogP contribution < -0.4 is 5.32 Å². The Hall–Kier alpha value is -2.98. The first-order valence-corrected chi connectivity index (χ1v) is 9.83. The monoisotopic (exact) mass is 457 g/mol. The van der Waals surface area contributed by atoms with E-state index in [1.165, 1.54) is 0 Å². The maximum absolute atomic E-state index is 12.1. The number of amides is 1. The highest BCUT2D eigenvalue weighted by molar-refractivity contribution is 9.10. The smallest absolute Gasteiger partial charge is 0.236 e. The lowest BCUT2D eigenvalue weighted by molar-refractivity contribution is -0.113. The third-order valence-corrected chi connectivity index (χ3v) is 4.81. The van der Waals surface area contributed by atoms with E-state index in [1.54, 1.807) is 55.1 Å². The van der Waals surface area contributed by atoms with Gasteiger partial charge in [-0.3, -0.25) is 4.79 Å². The first kappa shape index (κ1) is 18.4. The zero-order valence-electron chi connectivity index (χ0n) is 14.2. The van der Waals surface area contributed by atoms with Crippen molar-refractivity contribution in [2.45, 2.75) is 5.16 Å². The zero-order valence-corrected chi connectivity index (χ0v) is 16.6. The number of rotatable bonds is 6. The summed E-state index contributed by atoms with van der Waals surface area (Å²) in [5.41, 5.74) is 0.959. The number of anilines is 1. The average Bonchev–Trinajstić information content (AvgIpc) is 3.42. The highest BCUT2D eigenvalue weighted by Gasteiger charge is 2.18. The molecule has 28 heavy (non-hydrogen) atoms. The summed E-state index contributed by atoms with van der Waals surface area (Å²) < 4.78 is 11.7. The number of furan rings is 2. The molecule has 0 unspecified atom stereocenters.